The Morgan fingerprint density at radius 1 is 1.50 bits per heavy atom. The van der Waals surface area contributed by atoms with Crippen molar-refractivity contribution >= 4 is 17.9 Å². The van der Waals surface area contributed by atoms with Crippen molar-refractivity contribution in [3.8, 4) is 0 Å². The summed E-state index contributed by atoms with van der Waals surface area (Å²) in [5, 5.41) is 0. The van der Waals surface area contributed by atoms with E-state index < -0.39 is 0 Å². The van der Waals surface area contributed by atoms with Gasteiger partial charge < -0.3 is 4.74 Å². The third kappa shape index (κ3) is 2.07. The number of hydrogen-bond acceptors (Lipinski definition) is 3. The molecule has 0 bridgehead atoms. The lowest BCUT2D eigenvalue weighted by molar-refractivity contribution is 0.103. The van der Waals surface area contributed by atoms with Gasteiger partial charge in [-0.15, -0.1) is 0 Å². The number of amides is 1. The monoisotopic (exact) mass is 265 g/mol. The molecule has 18 heavy (non-hydrogen) atoms. The lowest BCUT2D eigenvalue weighted by atomic mass is 9.75. The summed E-state index contributed by atoms with van der Waals surface area (Å²) in [7, 11) is 0. The smallest absolute Gasteiger partial charge is 0.414 e. The van der Waals surface area contributed by atoms with Crippen LogP contribution in [-0.2, 0) is 4.74 Å². The minimum Gasteiger partial charge on any atom is -0.449 e. The summed E-state index contributed by atoms with van der Waals surface area (Å²) >= 11 is 2.06. The Bertz CT molecular complexity index is 405. The van der Waals surface area contributed by atoms with Gasteiger partial charge in [0.15, 0.2) is 0 Å². The van der Waals surface area contributed by atoms with E-state index >= 15 is 0 Å². The molecule has 1 amide bonds. The van der Waals surface area contributed by atoms with E-state index in [-0.39, 0.29) is 12.1 Å². The zero-order valence-corrected chi connectivity index (χ0v) is 11.5. The van der Waals surface area contributed by atoms with Gasteiger partial charge in [-0.3, -0.25) is 4.90 Å². The maximum atomic E-state index is 12.0. The quantitative estimate of drug-likeness (QED) is 0.730. The van der Waals surface area contributed by atoms with Crippen molar-refractivity contribution in [1.82, 2.24) is 4.90 Å². The standard InChI is InChI=1S/C14H19NO2S/c1-2-17-14(16)15-5-3-4-10-6-11-8-18-9-12(11)7-13(10)15/h3-5,11-13H,2,6-9H2,1H3. The van der Waals surface area contributed by atoms with Crippen LogP contribution in [0.1, 0.15) is 19.8 Å². The van der Waals surface area contributed by atoms with Gasteiger partial charge >= 0.3 is 6.09 Å². The second kappa shape index (κ2) is 5.00. The second-order valence-corrected chi connectivity index (χ2v) is 6.28. The summed E-state index contributed by atoms with van der Waals surface area (Å²) in [6, 6.07) is 0.244. The molecule has 1 saturated heterocycles. The number of fused-ring (bicyclic) bond motifs is 2. The molecule has 4 heteroatoms. The number of carbonyl (C=O) groups is 1. The fraction of sp³-hybridized carbons (Fsp3) is 0.643. The Balaban J connectivity index is 1.78. The van der Waals surface area contributed by atoms with Gasteiger partial charge in [0.25, 0.3) is 0 Å². The maximum Gasteiger partial charge on any atom is 0.414 e. The van der Waals surface area contributed by atoms with Crippen LogP contribution in [0.15, 0.2) is 23.9 Å². The van der Waals surface area contributed by atoms with Crippen molar-refractivity contribution in [2.45, 2.75) is 25.8 Å². The van der Waals surface area contributed by atoms with E-state index in [0.717, 1.165) is 24.7 Å². The highest BCUT2D eigenvalue weighted by molar-refractivity contribution is 7.99. The number of nitrogens with zero attached hydrogens (tertiary/aromatic N) is 1. The molecule has 2 heterocycles. The van der Waals surface area contributed by atoms with Crippen molar-refractivity contribution in [3.63, 3.8) is 0 Å². The van der Waals surface area contributed by atoms with Crippen LogP contribution in [0.2, 0.25) is 0 Å². The number of rotatable bonds is 1. The molecule has 0 aromatic heterocycles. The first-order valence-corrected chi connectivity index (χ1v) is 7.85. The van der Waals surface area contributed by atoms with Crippen LogP contribution < -0.4 is 0 Å². The Morgan fingerprint density at radius 2 is 2.33 bits per heavy atom. The molecule has 0 N–H and O–H groups in total. The molecule has 3 aliphatic rings. The van der Waals surface area contributed by atoms with E-state index in [1.807, 2.05) is 19.2 Å². The molecule has 3 unspecified atom stereocenters. The van der Waals surface area contributed by atoms with Crippen molar-refractivity contribution in [2.24, 2.45) is 11.8 Å². The molecule has 3 atom stereocenters. The number of carbonyl (C=O) groups excluding carboxylic acids is 1. The van der Waals surface area contributed by atoms with E-state index in [4.69, 9.17) is 4.74 Å². The normalized spacial score (nSPS) is 33.7. The van der Waals surface area contributed by atoms with Gasteiger partial charge in [-0.05, 0) is 54.8 Å². The SMILES string of the molecule is CCOC(=O)N1C=CC=C2CC3CSCC3CC21. The summed E-state index contributed by atoms with van der Waals surface area (Å²) in [4.78, 5) is 13.8. The zero-order chi connectivity index (χ0) is 12.5. The summed E-state index contributed by atoms with van der Waals surface area (Å²) in [6.45, 7) is 2.30. The van der Waals surface area contributed by atoms with Crippen LogP contribution in [0.4, 0.5) is 4.79 Å². The van der Waals surface area contributed by atoms with E-state index in [2.05, 4.69) is 17.8 Å². The molecule has 0 aromatic rings. The van der Waals surface area contributed by atoms with E-state index in [1.54, 1.807) is 4.90 Å². The van der Waals surface area contributed by atoms with Crippen LogP contribution >= 0.6 is 11.8 Å². The minimum atomic E-state index is -0.201. The zero-order valence-electron chi connectivity index (χ0n) is 10.7. The first kappa shape index (κ1) is 12.2. The summed E-state index contributed by atoms with van der Waals surface area (Å²) in [6.07, 6.45) is 8.10. The lowest BCUT2D eigenvalue weighted by Gasteiger charge is -2.40. The van der Waals surface area contributed by atoms with Crippen LogP contribution in [0.3, 0.4) is 0 Å². The number of allylic oxidation sites excluding steroid dienone is 2. The topological polar surface area (TPSA) is 29.5 Å². The van der Waals surface area contributed by atoms with Crippen molar-refractivity contribution in [3.05, 3.63) is 23.9 Å². The predicted octanol–water partition coefficient (Wildman–Crippen LogP) is 3.04. The molecule has 1 saturated carbocycles. The molecule has 98 valence electrons. The Hall–Kier alpha value is -0.900. The molecule has 0 aromatic carbocycles. The Morgan fingerprint density at radius 3 is 3.17 bits per heavy atom. The number of thioether (sulfide) groups is 1. The van der Waals surface area contributed by atoms with E-state index in [1.165, 1.54) is 17.1 Å². The van der Waals surface area contributed by atoms with Gasteiger partial charge in [-0.2, -0.15) is 11.8 Å². The fourth-order valence-electron chi connectivity index (χ4n) is 3.23. The highest BCUT2D eigenvalue weighted by atomic mass is 32.2. The largest absolute Gasteiger partial charge is 0.449 e. The second-order valence-electron chi connectivity index (χ2n) is 5.20. The Kier molecular flexibility index (Phi) is 3.37. The first-order valence-electron chi connectivity index (χ1n) is 6.69. The summed E-state index contributed by atoms with van der Waals surface area (Å²) in [5.41, 5.74) is 1.41. The minimum absolute atomic E-state index is 0.201. The molecular weight excluding hydrogens is 246 g/mol. The van der Waals surface area contributed by atoms with Gasteiger partial charge in [0.05, 0.1) is 12.6 Å². The predicted molar refractivity (Wildman–Crippen MR) is 73.4 cm³/mol. The summed E-state index contributed by atoms with van der Waals surface area (Å²) < 4.78 is 5.15. The average Bonchev–Trinajstić information content (AvgIpc) is 2.82. The van der Waals surface area contributed by atoms with Gasteiger partial charge in [0.1, 0.15) is 0 Å². The van der Waals surface area contributed by atoms with Crippen molar-refractivity contribution in [2.75, 3.05) is 18.1 Å². The van der Waals surface area contributed by atoms with Crippen LogP contribution in [0.25, 0.3) is 0 Å². The molecule has 0 spiro atoms. The molecular formula is C14H19NO2S. The third-order valence-corrected chi connectivity index (χ3v) is 5.48. The molecule has 2 fully saturated rings. The molecule has 3 rings (SSSR count). The van der Waals surface area contributed by atoms with Gasteiger partial charge in [-0.1, -0.05) is 6.08 Å². The lowest BCUT2D eigenvalue weighted by Crippen LogP contribution is -2.44. The first-order chi connectivity index (χ1) is 8.79. The van der Waals surface area contributed by atoms with Crippen LogP contribution in [-0.4, -0.2) is 35.1 Å². The molecule has 0 radical (unpaired) electrons. The molecule has 3 nitrogen and oxygen atoms in total. The fourth-order valence-corrected chi connectivity index (χ4v) is 4.77. The van der Waals surface area contributed by atoms with E-state index in [9.17, 15) is 4.79 Å². The molecule has 1 aliphatic carbocycles. The van der Waals surface area contributed by atoms with Gasteiger partial charge in [0, 0.05) is 6.20 Å². The summed E-state index contributed by atoms with van der Waals surface area (Å²) in [5.74, 6) is 4.15. The van der Waals surface area contributed by atoms with E-state index in [0.29, 0.717) is 6.61 Å². The average molecular weight is 265 g/mol. The van der Waals surface area contributed by atoms with Crippen molar-refractivity contribution in [1.29, 1.82) is 0 Å². The van der Waals surface area contributed by atoms with Crippen LogP contribution in [0.5, 0.6) is 0 Å². The number of hydrogen-bond donors (Lipinski definition) is 0. The highest BCUT2D eigenvalue weighted by Gasteiger charge is 2.40. The Labute approximate surface area is 112 Å². The van der Waals surface area contributed by atoms with Gasteiger partial charge in [0.2, 0.25) is 0 Å². The van der Waals surface area contributed by atoms with Crippen LogP contribution in [0, 0.1) is 11.8 Å². The number of ether oxygens (including phenoxy) is 1. The van der Waals surface area contributed by atoms with Crippen molar-refractivity contribution < 1.29 is 9.53 Å². The molecule has 2 aliphatic heterocycles. The maximum absolute atomic E-state index is 12.0. The van der Waals surface area contributed by atoms with Gasteiger partial charge in [-0.25, -0.2) is 4.79 Å². The highest BCUT2D eigenvalue weighted by Crippen LogP contribution is 2.44. The third-order valence-electron chi connectivity index (χ3n) is 4.15.